The average molecular weight is 346 g/mol. The van der Waals surface area contributed by atoms with Crippen LogP contribution in [-0.2, 0) is 0 Å². The van der Waals surface area contributed by atoms with E-state index in [9.17, 15) is 0 Å². The number of ether oxygens (including phenoxy) is 1. The molecule has 1 unspecified atom stereocenters. The molecule has 132 valence electrons. The zero-order valence-corrected chi connectivity index (χ0v) is 15.0. The van der Waals surface area contributed by atoms with Gasteiger partial charge in [-0.05, 0) is 49.7 Å². The van der Waals surface area contributed by atoms with E-state index in [1.807, 2.05) is 67.7 Å². The minimum Gasteiger partial charge on any atom is -0.457 e. The lowest BCUT2D eigenvalue weighted by Gasteiger charge is -2.32. The second-order valence-corrected chi connectivity index (χ2v) is 6.54. The molecule has 1 atom stereocenters. The van der Waals surface area contributed by atoms with Crippen molar-refractivity contribution >= 4 is 11.5 Å². The molecular formula is C21H22N4O. The number of nitrogens with zero attached hydrogens (tertiary/aromatic N) is 3. The molecule has 4 rings (SSSR count). The number of anilines is 2. The summed E-state index contributed by atoms with van der Waals surface area (Å²) in [6.07, 6.45) is 2.95. The standard InChI is InChI=1S/C21H22N4O/c1-15-22-14-19-20(12-13-25(2)21(19)23-15)24-16-8-10-18(11-9-16)26-17-6-4-3-5-7-17/h3-11,14,20,24H,12-13H2,1-2H3. The smallest absolute Gasteiger partial charge is 0.137 e. The Balaban J connectivity index is 1.49. The van der Waals surface area contributed by atoms with E-state index in [0.29, 0.717) is 0 Å². The number of benzene rings is 2. The third kappa shape index (κ3) is 3.47. The Hall–Kier alpha value is -3.08. The fourth-order valence-electron chi connectivity index (χ4n) is 3.20. The summed E-state index contributed by atoms with van der Waals surface area (Å²) in [6, 6.07) is 18.1. The molecule has 0 fully saturated rings. The summed E-state index contributed by atoms with van der Waals surface area (Å²) in [5.41, 5.74) is 2.21. The Morgan fingerprint density at radius 2 is 1.77 bits per heavy atom. The first-order valence-electron chi connectivity index (χ1n) is 8.83. The maximum atomic E-state index is 5.85. The minimum absolute atomic E-state index is 0.211. The highest BCUT2D eigenvalue weighted by Crippen LogP contribution is 2.34. The van der Waals surface area contributed by atoms with Crippen LogP contribution in [0.15, 0.2) is 60.8 Å². The van der Waals surface area contributed by atoms with Crippen molar-refractivity contribution in [3.05, 3.63) is 72.2 Å². The van der Waals surface area contributed by atoms with E-state index in [1.54, 1.807) is 0 Å². The maximum absolute atomic E-state index is 5.85. The van der Waals surface area contributed by atoms with Gasteiger partial charge in [-0.25, -0.2) is 9.97 Å². The molecule has 0 amide bonds. The number of hydrogen-bond donors (Lipinski definition) is 1. The molecule has 1 aromatic heterocycles. The van der Waals surface area contributed by atoms with Crippen LogP contribution in [0, 0.1) is 6.92 Å². The summed E-state index contributed by atoms with van der Waals surface area (Å²) < 4.78 is 5.85. The number of para-hydroxylation sites is 1. The normalized spacial score (nSPS) is 16.1. The second kappa shape index (κ2) is 7.04. The van der Waals surface area contributed by atoms with Crippen LogP contribution in [0.3, 0.4) is 0 Å². The van der Waals surface area contributed by atoms with Crippen molar-refractivity contribution in [2.24, 2.45) is 0 Å². The molecule has 0 saturated heterocycles. The van der Waals surface area contributed by atoms with E-state index in [0.717, 1.165) is 47.4 Å². The molecule has 0 spiro atoms. The number of aryl methyl sites for hydroxylation is 1. The molecule has 1 N–H and O–H groups in total. The molecular weight excluding hydrogens is 324 g/mol. The molecule has 0 bridgehead atoms. The highest BCUT2D eigenvalue weighted by atomic mass is 16.5. The largest absolute Gasteiger partial charge is 0.457 e. The van der Waals surface area contributed by atoms with Gasteiger partial charge in [0.1, 0.15) is 23.1 Å². The average Bonchev–Trinajstić information content (AvgIpc) is 2.66. The molecule has 1 aliphatic heterocycles. The van der Waals surface area contributed by atoms with E-state index in [4.69, 9.17) is 4.74 Å². The van der Waals surface area contributed by atoms with Gasteiger partial charge in [0.05, 0.1) is 6.04 Å². The Bertz CT molecular complexity index is 880. The van der Waals surface area contributed by atoms with Gasteiger partial charge in [0.2, 0.25) is 0 Å². The lowest BCUT2D eigenvalue weighted by Crippen LogP contribution is -2.31. The number of aromatic nitrogens is 2. The molecule has 26 heavy (non-hydrogen) atoms. The summed E-state index contributed by atoms with van der Waals surface area (Å²) in [5.74, 6) is 3.48. The monoisotopic (exact) mass is 346 g/mol. The number of fused-ring (bicyclic) bond motifs is 1. The van der Waals surface area contributed by atoms with Crippen LogP contribution in [0.4, 0.5) is 11.5 Å². The molecule has 5 nitrogen and oxygen atoms in total. The minimum atomic E-state index is 0.211. The summed E-state index contributed by atoms with van der Waals surface area (Å²) in [6.45, 7) is 2.90. The van der Waals surface area contributed by atoms with E-state index < -0.39 is 0 Å². The summed E-state index contributed by atoms with van der Waals surface area (Å²) >= 11 is 0. The maximum Gasteiger partial charge on any atom is 0.137 e. The van der Waals surface area contributed by atoms with Crippen LogP contribution in [0.25, 0.3) is 0 Å². The summed E-state index contributed by atoms with van der Waals surface area (Å²) in [4.78, 5) is 11.2. The topological polar surface area (TPSA) is 50.3 Å². The lowest BCUT2D eigenvalue weighted by molar-refractivity contribution is 0.482. The van der Waals surface area contributed by atoms with Crippen molar-refractivity contribution in [2.45, 2.75) is 19.4 Å². The van der Waals surface area contributed by atoms with Gasteiger partial charge in [-0.15, -0.1) is 0 Å². The molecule has 2 aromatic carbocycles. The predicted octanol–water partition coefficient (Wildman–Crippen LogP) is 4.57. The van der Waals surface area contributed by atoms with Gasteiger partial charge >= 0.3 is 0 Å². The van der Waals surface area contributed by atoms with Crippen molar-refractivity contribution in [2.75, 3.05) is 23.8 Å². The molecule has 0 aliphatic carbocycles. The van der Waals surface area contributed by atoms with Crippen LogP contribution < -0.4 is 15.0 Å². The van der Waals surface area contributed by atoms with Crippen molar-refractivity contribution in [3.63, 3.8) is 0 Å². The van der Waals surface area contributed by atoms with Gasteiger partial charge in [-0.3, -0.25) is 0 Å². The molecule has 0 radical (unpaired) electrons. The van der Waals surface area contributed by atoms with Crippen LogP contribution in [0.1, 0.15) is 23.9 Å². The van der Waals surface area contributed by atoms with Crippen LogP contribution in [0.5, 0.6) is 11.5 Å². The Kier molecular flexibility index (Phi) is 4.44. The fraction of sp³-hybridized carbons (Fsp3) is 0.238. The summed E-state index contributed by atoms with van der Waals surface area (Å²) in [7, 11) is 2.08. The Labute approximate surface area is 153 Å². The molecule has 0 saturated carbocycles. The van der Waals surface area contributed by atoms with Gasteiger partial charge in [-0.1, -0.05) is 18.2 Å². The van der Waals surface area contributed by atoms with Crippen molar-refractivity contribution < 1.29 is 4.74 Å². The van der Waals surface area contributed by atoms with Gasteiger partial charge in [-0.2, -0.15) is 0 Å². The second-order valence-electron chi connectivity index (χ2n) is 6.54. The first-order valence-corrected chi connectivity index (χ1v) is 8.83. The Morgan fingerprint density at radius 3 is 2.54 bits per heavy atom. The zero-order chi connectivity index (χ0) is 17.9. The van der Waals surface area contributed by atoms with E-state index in [1.165, 1.54) is 0 Å². The molecule has 2 heterocycles. The van der Waals surface area contributed by atoms with E-state index in [-0.39, 0.29) is 6.04 Å². The molecule has 3 aromatic rings. The van der Waals surface area contributed by atoms with Crippen LogP contribution >= 0.6 is 0 Å². The summed E-state index contributed by atoms with van der Waals surface area (Å²) in [5, 5.41) is 3.61. The first-order chi connectivity index (χ1) is 12.7. The van der Waals surface area contributed by atoms with E-state index >= 15 is 0 Å². The zero-order valence-electron chi connectivity index (χ0n) is 15.0. The predicted molar refractivity (Wildman–Crippen MR) is 104 cm³/mol. The van der Waals surface area contributed by atoms with Crippen LogP contribution in [-0.4, -0.2) is 23.6 Å². The van der Waals surface area contributed by atoms with Gasteiger partial charge in [0.25, 0.3) is 0 Å². The first kappa shape index (κ1) is 16.4. The van der Waals surface area contributed by atoms with Crippen molar-refractivity contribution in [3.8, 4) is 11.5 Å². The Morgan fingerprint density at radius 1 is 1.04 bits per heavy atom. The van der Waals surface area contributed by atoms with Crippen LogP contribution in [0.2, 0.25) is 0 Å². The van der Waals surface area contributed by atoms with Crippen molar-refractivity contribution in [1.29, 1.82) is 0 Å². The molecule has 1 aliphatic rings. The number of hydrogen-bond acceptors (Lipinski definition) is 5. The number of nitrogens with one attached hydrogen (secondary N) is 1. The third-order valence-electron chi connectivity index (χ3n) is 4.58. The fourth-order valence-corrected chi connectivity index (χ4v) is 3.20. The lowest BCUT2D eigenvalue weighted by atomic mass is 10.0. The van der Waals surface area contributed by atoms with Gasteiger partial charge in [0.15, 0.2) is 0 Å². The van der Waals surface area contributed by atoms with E-state index in [2.05, 4.69) is 27.2 Å². The quantitative estimate of drug-likeness (QED) is 0.750. The highest BCUT2D eigenvalue weighted by molar-refractivity contribution is 5.55. The number of rotatable bonds is 4. The SMILES string of the molecule is Cc1ncc2c(n1)N(C)CCC2Nc1ccc(Oc2ccccc2)cc1. The van der Waals surface area contributed by atoms with Gasteiger partial charge in [0, 0.05) is 31.0 Å². The van der Waals surface area contributed by atoms with Gasteiger partial charge < -0.3 is 15.0 Å². The molecule has 5 heteroatoms. The highest BCUT2D eigenvalue weighted by Gasteiger charge is 2.25. The third-order valence-corrected chi connectivity index (χ3v) is 4.58. The van der Waals surface area contributed by atoms with Crippen molar-refractivity contribution in [1.82, 2.24) is 9.97 Å².